The van der Waals surface area contributed by atoms with Gasteiger partial charge in [0, 0.05) is 59.2 Å². The molecule has 2 heterocycles. The van der Waals surface area contributed by atoms with Crippen LogP contribution in [-0.2, 0) is 35.1 Å². The molecule has 0 saturated carbocycles. The summed E-state index contributed by atoms with van der Waals surface area (Å²) in [6, 6.07) is 3.59. The molecule has 3 unspecified atom stereocenters. The molecule has 13 heteroatoms. The molecule has 0 aliphatic carbocycles. The van der Waals surface area contributed by atoms with Gasteiger partial charge in [0.25, 0.3) is 0 Å². The normalized spacial score (nSPS) is 19.1. The number of ether oxygens (including phenoxy) is 2. The zero-order valence-corrected chi connectivity index (χ0v) is 31.5. The second-order valence-corrected chi connectivity index (χ2v) is 13.9. The third-order valence-corrected chi connectivity index (χ3v) is 9.97. The van der Waals surface area contributed by atoms with Crippen LogP contribution in [0.2, 0.25) is 0 Å². The molecular formula is C36H63N7O6. The standard InChI is InChI=1S/C36H63N7O6/c1-11-24(4)32(42(8)36(47)27(22-37)40-35(46)31(23(2)3)41(6)7)29(48-9)21-30(44)43-20-14-16-28(43)33(49-10)25(5)34(45)39-19-17-26-15-12-13-18-38-26/h12-13,15,18,23-25,27-29,31-33H,11,14,16-17,19-22,37H2,1-10H3,(H,39,45)(H,40,46)/t24-,25+,27?,28?,29+,31?,32-,33+/m0/s1. The van der Waals surface area contributed by atoms with E-state index in [0.29, 0.717) is 25.9 Å². The molecular weight excluding hydrogens is 626 g/mol. The number of rotatable bonds is 20. The molecule has 13 nitrogen and oxygen atoms in total. The largest absolute Gasteiger partial charge is 0.379 e. The summed E-state index contributed by atoms with van der Waals surface area (Å²) >= 11 is 0. The van der Waals surface area contributed by atoms with E-state index in [-0.39, 0.29) is 54.5 Å². The van der Waals surface area contributed by atoms with Crippen LogP contribution >= 0.6 is 0 Å². The van der Waals surface area contributed by atoms with Crippen molar-refractivity contribution in [3.05, 3.63) is 30.1 Å². The molecule has 0 aromatic carbocycles. The third kappa shape index (κ3) is 11.4. The van der Waals surface area contributed by atoms with Crippen molar-refractivity contribution in [2.24, 2.45) is 23.5 Å². The fourth-order valence-electron chi connectivity index (χ4n) is 7.18. The number of methoxy groups -OCH3 is 2. The Balaban J connectivity index is 2.18. The molecule has 1 saturated heterocycles. The molecule has 0 bridgehead atoms. The first-order valence-electron chi connectivity index (χ1n) is 17.7. The van der Waals surface area contributed by atoms with Crippen LogP contribution in [0.3, 0.4) is 0 Å². The van der Waals surface area contributed by atoms with Gasteiger partial charge in [0.2, 0.25) is 23.6 Å². The Kier molecular flexibility index (Phi) is 17.6. The van der Waals surface area contributed by atoms with Crippen molar-refractivity contribution in [3.63, 3.8) is 0 Å². The molecule has 0 radical (unpaired) electrons. The van der Waals surface area contributed by atoms with Gasteiger partial charge in [0.15, 0.2) is 0 Å². The van der Waals surface area contributed by atoms with Crippen LogP contribution in [0.4, 0.5) is 0 Å². The smallest absolute Gasteiger partial charge is 0.246 e. The topological polar surface area (TPSA) is 159 Å². The highest BCUT2D eigenvalue weighted by atomic mass is 16.5. The molecule has 4 amide bonds. The molecule has 1 aliphatic rings. The van der Waals surface area contributed by atoms with E-state index in [1.54, 1.807) is 32.4 Å². The summed E-state index contributed by atoms with van der Waals surface area (Å²) in [5, 5.41) is 5.86. The van der Waals surface area contributed by atoms with Crippen LogP contribution in [0.25, 0.3) is 0 Å². The fourth-order valence-corrected chi connectivity index (χ4v) is 7.18. The van der Waals surface area contributed by atoms with Gasteiger partial charge in [-0.2, -0.15) is 0 Å². The van der Waals surface area contributed by atoms with Crippen molar-refractivity contribution in [2.45, 2.75) is 103 Å². The maximum atomic E-state index is 14.0. The molecule has 1 aromatic heterocycles. The van der Waals surface area contributed by atoms with Gasteiger partial charge in [0.1, 0.15) is 6.04 Å². The summed E-state index contributed by atoms with van der Waals surface area (Å²) in [5.41, 5.74) is 6.94. The highest BCUT2D eigenvalue weighted by Crippen LogP contribution is 2.29. The maximum absolute atomic E-state index is 14.0. The fraction of sp³-hybridized carbons (Fsp3) is 0.750. The lowest BCUT2D eigenvalue weighted by atomic mass is 9.90. The van der Waals surface area contributed by atoms with Crippen molar-refractivity contribution in [1.82, 2.24) is 30.3 Å². The van der Waals surface area contributed by atoms with Gasteiger partial charge in [-0.1, -0.05) is 47.1 Å². The minimum Gasteiger partial charge on any atom is -0.379 e. The zero-order valence-electron chi connectivity index (χ0n) is 31.5. The van der Waals surface area contributed by atoms with E-state index in [9.17, 15) is 19.2 Å². The van der Waals surface area contributed by atoms with Crippen LogP contribution in [0.1, 0.15) is 66.0 Å². The summed E-state index contributed by atoms with van der Waals surface area (Å²) in [4.78, 5) is 63.8. The molecule has 2 rings (SSSR count). The van der Waals surface area contributed by atoms with Crippen LogP contribution in [0, 0.1) is 17.8 Å². The number of nitrogens with zero attached hydrogens (tertiary/aromatic N) is 4. The van der Waals surface area contributed by atoms with Crippen molar-refractivity contribution in [1.29, 1.82) is 0 Å². The Morgan fingerprint density at radius 3 is 2.29 bits per heavy atom. The van der Waals surface area contributed by atoms with E-state index in [0.717, 1.165) is 18.5 Å². The predicted octanol–water partition coefficient (Wildman–Crippen LogP) is 1.69. The molecule has 0 spiro atoms. The number of amides is 4. The van der Waals surface area contributed by atoms with Gasteiger partial charge in [-0.3, -0.25) is 29.1 Å². The first-order valence-corrected chi connectivity index (χ1v) is 17.7. The first kappa shape index (κ1) is 42.0. The summed E-state index contributed by atoms with van der Waals surface area (Å²) < 4.78 is 11.8. The number of nitrogens with two attached hydrogens (primary N) is 1. The molecule has 8 atom stereocenters. The average molecular weight is 690 g/mol. The first-order chi connectivity index (χ1) is 23.2. The summed E-state index contributed by atoms with van der Waals surface area (Å²) in [6.45, 7) is 10.7. The highest BCUT2D eigenvalue weighted by Gasteiger charge is 2.42. The van der Waals surface area contributed by atoms with E-state index in [2.05, 4.69) is 15.6 Å². The number of carbonyl (C=O) groups is 4. The molecule has 1 aliphatic heterocycles. The quantitative estimate of drug-likeness (QED) is 0.185. The molecule has 49 heavy (non-hydrogen) atoms. The number of hydrogen-bond acceptors (Lipinski definition) is 9. The van der Waals surface area contributed by atoms with E-state index in [1.165, 1.54) is 0 Å². The molecule has 1 aromatic rings. The number of pyridine rings is 1. The molecule has 1 fully saturated rings. The van der Waals surface area contributed by atoms with Crippen LogP contribution in [0.15, 0.2) is 24.4 Å². The minimum absolute atomic E-state index is 0.0260. The monoisotopic (exact) mass is 689 g/mol. The summed E-state index contributed by atoms with van der Waals surface area (Å²) in [7, 11) is 8.47. The Morgan fingerprint density at radius 1 is 1.06 bits per heavy atom. The van der Waals surface area contributed by atoms with Gasteiger partial charge in [-0.05, 0) is 50.9 Å². The highest BCUT2D eigenvalue weighted by molar-refractivity contribution is 5.90. The Labute approximate surface area is 294 Å². The maximum Gasteiger partial charge on any atom is 0.246 e. The Morgan fingerprint density at radius 2 is 1.76 bits per heavy atom. The lowest BCUT2D eigenvalue weighted by Gasteiger charge is -2.40. The number of carbonyl (C=O) groups excluding carboxylic acids is 4. The van der Waals surface area contributed by atoms with Crippen LogP contribution in [0.5, 0.6) is 0 Å². The number of nitrogens with one attached hydrogen (secondary N) is 2. The van der Waals surface area contributed by atoms with Gasteiger partial charge >= 0.3 is 0 Å². The van der Waals surface area contributed by atoms with E-state index in [4.69, 9.17) is 15.2 Å². The van der Waals surface area contributed by atoms with Crippen molar-refractivity contribution >= 4 is 23.6 Å². The third-order valence-electron chi connectivity index (χ3n) is 9.97. The predicted molar refractivity (Wildman–Crippen MR) is 190 cm³/mol. The van der Waals surface area contributed by atoms with Gasteiger partial charge in [-0.15, -0.1) is 0 Å². The van der Waals surface area contributed by atoms with E-state index in [1.807, 2.05) is 76.7 Å². The van der Waals surface area contributed by atoms with E-state index < -0.39 is 36.3 Å². The number of aromatic nitrogens is 1. The van der Waals surface area contributed by atoms with Crippen molar-refractivity contribution < 1.29 is 28.7 Å². The van der Waals surface area contributed by atoms with E-state index >= 15 is 0 Å². The lowest BCUT2D eigenvalue weighted by molar-refractivity contribution is -0.147. The Hall–Kier alpha value is -3.13. The summed E-state index contributed by atoms with van der Waals surface area (Å²) in [5.74, 6) is -1.35. The van der Waals surface area contributed by atoms with Crippen LogP contribution < -0.4 is 16.4 Å². The van der Waals surface area contributed by atoms with Crippen molar-refractivity contribution in [2.75, 3.05) is 55.0 Å². The minimum atomic E-state index is -0.930. The second-order valence-electron chi connectivity index (χ2n) is 13.9. The van der Waals surface area contributed by atoms with Gasteiger partial charge in [-0.25, -0.2) is 0 Å². The number of hydrogen-bond donors (Lipinski definition) is 3. The summed E-state index contributed by atoms with van der Waals surface area (Å²) in [6.07, 6.45) is 3.50. The Bertz CT molecular complexity index is 1180. The van der Waals surface area contributed by atoms with Gasteiger partial charge in [0.05, 0.1) is 42.7 Å². The second kappa shape index (κ2) is 20.5. The van der Waals surface area contributed by atoms with Gasteiger partial charge < -0.3 is 35.6 Å². The van der Waals surface area contributed by atoms with Crippen LogP contribution in [-0.4, -0.2) is 135 Å². The number of likely N-dealkylation sites (N-methyl/N-ethyl adjacent to an activating group) is 2. The average Bonchev–Trinajstić information content (AvgIpc) is 3.56. The van der Waals surface area contributed by atoms with Crippen molar-refractivity contribution in [3.8, 4) is 0 Å². The molecule has 278 valence electrons. The molecule has 4 N–H and O–H groups in total. The lowest BCUT2D eigenvalue weighted by Crippen LogP contribution is -2.60. The number of likely N-dealkylation sites (tertiary alicyclic amines) is 1. The zero-order chi connectivity index (χ0) is 36.8. The SMILES string of the molecule is CC[C@H](C)[C@@H]([C@@H](CC(=O)N1CCCC1[C@H](OC)[C@@H](C)C(=O)NCCc1ccccn1)OC)N(C)C(=O)C(CN)NC(=O)C(C(C)C)N(C)C.